The first-order valence-electron chi connectivity index (χ1n) is 19.5. The van der Waals surface area contributed by atoms with Crippen LogP contribution < -0.4 is 0 Å². The van der Waals surface area contributed by atoms with Gasteiger partial charge in [-0.1, -0.05) is 135 Å². The van der Waals surface area contributed by atoms with Crippen molar-refractivity contribution in [2.24, 2.45) is 10.8 Å². The van der Waals surface area contributed by atoms with E-state index in [0.717, 1.165) is 33.4 Å². The molecule has 308 valence electrons. The van der Waals surface area contributed by atoms with E-state index in [1.165, 1.54) is 0 Å². The number of Topliss-reactive ketones (excluding diaryl/α,β-unsaturated/α-hetero) is 2. The number of carboxylic acids is 1. The molecule has 9 nitrogen and oxygen atoms in total. The number of ketones is 2. The van der Waals surface area contributed by atoms with Crippen molar-refractivity contribution in [1.82, 2.24) is 0 Å². The van der Waals surface area contributed by atoms with Crippen LogP contribution in [0, 0.1) is 10.8 Å². The van der Waals surface area contributed by atoms with E-state index in [4.69, 9.17) is 19.7 Å². The quantitative estimate of drug-likeness (QED) is 0.103. The molecule has 0 saturated heterocycles. The lowest BCUT2D eigenvalue weighted by molar-refractivity contribution is -0.157. The van der Waals surface area contributed by atoms with Gasteiger partial charge in [-0.15, -0.1) is 0 Å². The summed E-state index contributed by atoms with van der Waals surface area (Å²) in [6.07, 6.45) is 26.7. The highest BCUT2D eigenvalue weighted by atomic mass is 16.6. The maximum atomic E-state index is 13.0. The highest BCUT2D eigenvalue weighted by molar-refractivity contribution is 6.02. The molecule has 0 aromatic heterocycles. The summed E-state index contributed by atoms with van der Waals surface area (Å²) in [5.41, 5.74) is 6.31. The second-order valence-electron chi connectivity index (χ2n) is 16.1. The molecule has 57 heavy (non-hydrogen) atoms. The molecule has 0 saturated carbocycles. The zero-order valence-corrected chi connectivity index (χ0v) is 35.4. The molecular formula is C48H62O9. The molecule has 0 aromatic rings. The van der Waals surface area contributed by atoms with Crippen LogP contribution in [0.3, 0.4) is 0 Å². The van der Waals surface area contributed by atoms with Crippen molar-refractivity contribution >= 4 is 29.5 Å². The summed E-state index contributed by atoms with van der Waals surface area (Å²) in [6, 6.07) is 0. The lowest BCUT2D eigenvalue weighted by Crippen LogP contribution is -2.39. The Kier molecular flexibility index (Phi) is 19.0. The molecule has 0 heterocycles. The molecule has 0 bridgehead atoms. The van der Waals surface area contributed by atoms with E-state index in [1.807, 2.05) is 140 Å². The minimum Gasteiger partial charge on any atom is -0.481 e. The zero-order chi connectivity index (χ0) is 42.9. The molecule has 0 aliphatic heterocycles. The highest BCUT2D eigenvalue weighted by Gasteiger charge is 2.41. The smallest absolute Gasteiger partial charge is 0.307 e. The number of carboxylic acid groups (broad SMARTS) is 1. The zero-order valence-electron chi connectivity index (χ0n) is 35.4. The minimum absolute atomic E-state index is 0.0895. The van der Waals surface area contributed by atoms with Gasteiger partial charge in [0.05, 0.1) is 12.8 Å². The third-order valence-electron chi connectivity index (χ3n) is 9.90. The van der Waals surface area contributed by atoms with Gasteiger partial charge in [0.15, 0.2) is 23.8 Å². The number of hydrogen-bond acceptors (Lipinski definition) is 8. The third kappa shape index (κ3) is 16.1. The van der Waals surface area contributed by atoms with Gasteiger partial charge < -0.3 is 19.7 Å². The van der Waals surface area contributed by atoms with Crippen molar-refractivity contribution in [1.29, 1.82) is 0 Å². The van der Waals surface area contributed by atoms with Crippen LogP contribution in [0.1, 0.15) is 108 Å². The van der Waals surface area contributed by atoms with E-state index in [9.17, 15) is 24.0 Å². The fourth-order valence-corrected chi connectivity index (χ4v) is 6.62. The number of esters is 2. The van der Waals surface area contributed by atoms with Crippen LogP contribution in [0.4, 0.5) is 0 Å². The first-order chi connectivity index (χ1) is 26.7. The Morgan fingerprint density at radius 1 is 0.614 bits per heavy atom. The van der Waals surface area contributed by atoms with Gasteiger partial charge in [0.1, 0.15) is 0 Å². The topological polar surface area (TPSA) is 144 Å². The molecule has 0 fully saturated rings. The van der Waals surface area contributed by atoms with E-state index in [1.54, 1.807) is 13.8 Å². The Balaban J connectivity index is 1.97. The summed E-state index contributed by atoms with van der Waals surface area (Å²) in [5, 5.41) is 17.8. The van der Waals surface area contributed by atoms with Crippen LogP contribution in [-0.4, -0.2) is 58.5 Å². The van der Waals surface area contributed by atoms with Gasteiger partial charge in [0.2, 0.25) is 0 Å². The van der Waals surface area contributed by atoms with E-state index in [-0.39, 0.29) is 42.9 Å². The largest absolute Gasteiger partial charge is 0.481 e. The Morgan fingerprint density at radius 2 is 0.982 bits per heavy atom. The number of aliphatic hydroxyl groups excluding tert-OH is 1. The van der Waals surface area contributed by atoms with Crippen LogP contribution in [0.25, 0.3) is 0 Å². The van der Waals surface area contributed by atoms with Crippen LogP contribution in [-0.2, 0) is 33.4 Å². The average Bonchev–Trinajstić information content (AvgIpc) is 3.12. The number of aliphatic carboxylic acids is 1. The van der Waals surface area contributed by atoms with Gasteiger partial charge in [-0.05, 0) is 81.1 Å². The molecule has 2 N–H and O–H groups in total. The van der Waals surface area contributed by atoms with Gasteiger partial charge in [-0.2, -0.15) is 0 Å². The van der Waals surface area contributed by atoms with Crippen LogP contribution in [0.15, 0.2) is 130 Å². The van der Waals surface area contributed by atoms with E-state index < -0.39 is 35.5 Å². The summed E-state index contributed by atoms with van der Waals surface area (Å²) < 4.78 is 10.8. The van der Waals surface area contributed by atoms with E-state index >= 15 is 0 Å². The summed E-state index contributed by atoms with van der Waals surface area (Å²) in [6.45, 7) is 19.5. The van der Waals surface area contributed by atoms with Crippen molar-refractivity contribution in [2.75, 3.05) is 6.61 Å². The number of carbonyl (C=O) groups is 5. The lowest BCUT2D eigenvalue weighted by Gasteiger charge is -2.36. The first-order valence-corrected chi connectivity index (χ1v) is 19.5. The number of rotatable bonds is 18. The minimum atomic E-state index is -1.09. The van der Waals surface area contributed by atoms with Crippen molar-refractivity contribution < 1.29 is 43.7 Å². The molecule has 2 aliphatic carbocycles. The normalized spacial score (nSPS) is 21.3. The van der Waals surface area contributed by atoms with E-state index in [0.29, 0.717) is 30.4 Å². The molecule has 9 heteroatoms. The number of carbonyl (C=O) groups excluding carboxylic acids is 4. The Hall–Kier alpha value is -5.15. The number of ether oxygens (including phenoxy) is 2. The fourth-order valence-electron chi connectivity index (χ4n) is 6.62. The van der Waals surface area contributed by atoms with Crippen molar-refractivity contribution in [3.8, 4) is 0 Å². The molecule has 0 amide bonds. The Bertz CT molecular complexity index is 1880. The molecule has 0 aromatic carbocycles. The summed E-state index contributed by atoms with van der Waals surface area (Å²) in [4.78, 5) is 60.9. The lowest BCUT2D eigenvalue weighted by atomic mass is 9.71. The monoisotopic (exact) mass is 782 g/mol. The van der Waals surface area contributed by atoms with Crippen molar-refractivity contribution in [3.05, 3.63) is 130 Å². The maximum absolute atomic E-state index is 13.0. The average molecular weight is 783 g/mol. The second-order valence-corrected chi connectivity index (χ2v) is 16.1. The predicted octanol–water partition coefficient (Wildman–Crippen LogP) is 9.64. The van der Waals surface area contributed by atoms with Gasteiger partial charge in [0, 0.05) is 25.9 Å². The Morgan fingerprint density at radius 3 is 1.37 bits per heavy atom. The highest BCUT2D eigenvalue weighted by Crippen LogP contribution is 2.42. The van der Waals surface area contributed by atoms with Crippen molar-refractivity contribution in [3.63, 3.8) is 0 Å². The Labute approximate surface area is 339 Å². The molecule has 2 unspecified atom stereocenters. The number of allylic oxidation sites excluding steroid dienone is 20. The maximum Gasteiger partial charge on any atom is 0.307 e. The van der Waals surface area contributed by atoms with Gasteiger partial charge in [-0.3, -0.25) is 24.0 Å². The van der Waals surface area contributed by atoms with Crippen molar-refractivity contribution in [2.45, 2.75) is 120 Å². The van der Waals surface area contributed by atoms with Crippen LogP contribution in [0.2, 0.25) is 0 Å². The fraction of sp³-hybridized carbons (Fsp3) is 0.438. The van der Waals surface area contributed by atoms with Gasteiger partial charge in [-0.25, -0.2) is 0 Å². The van der Waals surface area contributed by atoms with Gasteiger partial charge in [0.25, 0.3) is 0 Å². The third-order valence-corrected chi connectivity index (χ3v) is 9.90. The predicted molar refractivity (Wildman–Crippen MR) is 226 cm³/mol. The SMILES string of the molecule is CC1=C(/C=C/C(C)=C/C=C/C(C)=C/C=C/C=C(C)/C=C/C=C(C)/C=C/C2=C(C)C(=O)C(OC(=O)CCC(=O)O)CC2(C)C)C(C)(C)CC(OC(=O)CCCO)C1=O. The first kappa shape index (κ1) is 48.0. The molecule has 2 aliphatic rings. The summed E-state index contributed by atoms with van der Waals surface area (Å²) in [5.74, 6) is -2.67. The number of aliphatic hydroxyl groups is 1. The molecule has 2 rings (SSSR count). The van der Waals surface area contributed by atoms with Crippen LogP contribution in [0.5, 0.6) is 0 Å². The summed E-state index contributed by atoms with van der Waals surface area (Å²) >= 11 is 0. The second kappa shape index (κ2) is 22.6. The molecular weight excluding hydrogens is 721 g/mol. The standard InChI is InChI=1S/C48H62O9/c1-32(18-13-20-34(3)23-25-38-36(5)45(54)40(30-47(38,7)8)56-43(52)22-15-29-49)16-11-12-17-33(2)19-14-21-35(4)24-26-39-37(6)46(55)41(31-48(39,9)10)57-44(53)28-27-42(50)51/h11-14,16-21,23-26,40-41,49H,15,22,27-31H2,1-10H3,(H,50,51)/b12-11+,18-13+,19-14+,25-23+,26-24+,32-16+,33-17+,34-20+,35-21+. The number of hydrogen-bond donors (Lipinski definition) is 2. The van der Waals surface area contributed by atoms with Crippen LogP contribution >= 0.6 is 0 Å². The molecule has 0 radical (unpaired) electrons. The van der Waals surface area contributed by atoms with E-state index in [2.05, 4.69) is 0 Å². The molecule has 2 atom stereocenters. The molecule has 0 spiro atoms. The summed E-state index contributed by atoms with van der Waals surface area (Å²) in [7, 11) is 0. The van der Waals surface area contributed by atoms with Gasteiger partial charge >= 0.3 is 17.9 Å².